The van der Waals surface area contributed by atoms with E-state index in [4.69, 9.17) is 4.74 Å². The first-order chi connectivity index (χ1) is 16.8. The van der Waals surface area contributed by atoms with Gasteiger partial charge >= 0.3 is 12.1 Å². The molecule has 3 heterocycles. The predicted molar refractivity (Wildman–Crippen MR) is 126 cm³/mol. The van der Waals surface area contributed by atoms with E-state index in [2.05, 4.69) is 10.1 Å². The Morgan fingerprint density at radius 2 is 1.69 bits per heavy atom. The summed E-state index contributed by atoms with van der Waals surface area (Å²) >= 11 is 0. The number of pyridine rings is 1. The number of hydrogen-bond acceptors (Lipinski definition) is 7. The van der Waals surface area contributed by atoms with Crippen molar-refractivity contribution in [3.8, 4) is 5.69 Å². The molecule has 0 radical (unpaired) electrons. The second-order valence-electron chi connectivity index (χ2n) is 8.75. The fourth-order valence-corrected chi connectivity index (χ4v) is 6.49. The van der Waals surface area contributed by atoms with Crippen LogP contribution in [0.3, 0.4) is 0 Å². The van der Waals surface area contributed by atoms with Crippen molar-refractivity contribution in [2.75, 3.05) is 18.6 Å². The van der Waals surface area contributed by atoms with Crippen molar-refractivity contribution in [2.45, 2.75) is 49.6 Å². The number of ether oxygens (including phenoxy) is 1. The quantitative estimate of drug-likeness (QED) is 0.471. The molecule has 0 N–H and O–H groups in total. The Balaban J connectivity index is 1.80. The van der Waals surface area contributed by atoms with E-state index in [1.165, 1.54) is 18.1 Å². The molecule has 2 atom stereocenters. The number of aryl methyl sites for hydroxylation is 3. The van der Waals surface area contributed by atoms with E-state index in [1.807, 2.05) is 13.8 Å². The van der Waals surface area contributed by atoms with Crippen LogP contribution in [0.5, 0.6) is 0 Å². The van der Waals surface area contributed by atoms with Crippen molar-refractivity contribution in [2.24, 2.45) is 0 Å². The van der Waals surface area contributed by atoms with Gasteiger partial charge in [-0.05, 0) is 51.5 Å². The van der Waals surface area contributed by atoms with Gasteiger partial charge in [0.25, 0.3) is 0 Å². The smallest absolute Gasteiger partial charge is 0.417 e. The Hall–Kier alpha value is -3.41. The highest BCUT2D eigenvalue weighted by Crippen LogP contribution is 2.39. The van der Waals surface area contributed by atoms with Gasteiger partial charge in [0.1, 0.15) is 11.9 Å². The molecule has 1 fully saturated rings. The maximum Gasteiger partial charge on any atom is 0.417 e. The van der Waals surface area contributed by atoms with Gasteiger partial charge in [-0.1, -0.05) is 12.1 Å². The van der Waals surface area contributed by atoms with Crippen molar-refractivity contribution in [1.29, 1.82) is 0 Å². The summed E-state index contributed by atoms with van der Waals surface area (Å²) in [6.07, 6.45) is -5.09. The van der Waals surface area contributed by atoms with Crippen LogP contribution in [-0.4, -0.2) is 54.1 Å². The Kier molecular flexibility index (Phi) is 6.58. The number of rotatable bonds is 5. The summed E-state index contributed by atoms with van der Waals surface area (Å²) in [5.41, 5.74) is 1.50. The van der Waals surface area contributed by atoms with Crippen LogP contribution in [-0.2, 0) is 25.5 Å². The SMILES string of the molecule is COC(=O)C1CC(S(=O)(=O)c2ccccc2C(F)(F)F)CN1c1cc(C)nn1-c1cc(C)nc(C)c1. The van der Waals surface area contributed by atoms with Crippen LogP contribution < -0.4 is 4.90 Å². The third kappa shape index (κ3) is 4.69. The summed E-state index contributed by atoms with van der Waals surface area (Å²) in [4.78, 5) is 17.8. The van der Waals surface area contributed by atoms with Crippen molar-refractivity contribution in [3.05, 3.63) is 65.1 Å². The highest BCUT2D eigenvalue weighted by atomic mass is 32.2. The minimum absolute atomic E-state index is 0.220. The van der Waals surface area contributed by atoms with Gasteiger partial charge in [-0.3, -0.25) is 4.98 Å². The van der Waals surface area contributed by atoms with E-state index in [9.17, 15) is 26.4 Å². The molecule has 1 aliphatic rings. The maximum absolute atomic E-state index is 13.6. The van der Waals surface area contributed by atoms with E-state index in [1.54, 1.807) is 29.8 Å². The number of anilines is 1. The summed E-state index contributed by atoms with van der Waals surface area (Å²) in [6.45, 7) is 5.17. The number of carbonyl (C=O) groups excluding carboxylic acids is 1. The minimum atomic E-state index is -4.85. The van der Waals surface area contributed by atoms with Crippen LogP contribution in [0.2, 0.25) is 0 Å². The maximum atomic E-state index is 13.6. The summed E-state index contributed by atoms with van der Waals surface area (Å²) < 4.78 is 74.3. The lowest BCUT2D eigenvalue weighted by molar-refractivity contribution is -0.142. The van der Waals surface area contributed by atoms with Crippen LogP contribution in [0, 0.1) is 20.8 Å². The number of benzene rings is 1. The topological polar surface area (TPSA) is 94.4 Å². The molecule has 8 nitrogen and oxygen atoms in total. The van der Waals surface area contributed by atoms with Gasteiger partial charge < -0.3 is 9.64 Å². The number of hydrogen-bond donors (Lipinski definition) is 0. The Labute approximate surface area is 206 Å². The molecule has 0 saturated carbocycles. The Bertz CT molecular complexity index is 1400. The predicted octanol–water partition coefficient (Wildman–Crippen LogP) is 3.81. The average molecular weight is 523 g/mol. The number of halogens is 3. The fraction of sp³-hybridized carbons (Fsp3) is 0.375. The lowest BCUT2D eigenvalue weighted by atomic mass is 10.2. The number of esters is 1. The van der Waals surface area contributed by atoms with Crippen LogP contribution in [0.15, 0.2) is 47.4 Å². The van der Waals surface area contributed by atoms with Gasteiger partial charge in [0.2, 0.25) is 0 Å². The molecule has 0 spiro atoms. The molecule has 1 aromatic carbocycles. The van der Waals surface area contributed by atoms with Gasteiger partial charge in [0.05, 0.1) is 34.2 Å². The molecule has 192 valence electrons. The lowest BCUT2D eigenvalue weighted by Gasteiger charge is -2.25. The molecule has 0 aliphatic carbocycles. The van der Waals surface area contributed by atoms with Gasteiger partial charge in [-0.15, -0.1) is 0 Å². The van der Waals surface area contributed by atoms with Gasteiger partial charge in [-0.25, -0.2) is 17.9 Å². The highest BCUT2D eigenvalue weighted by molar-refractivity contribution is 7.92. The zero-order valence-electron chi connectivity index (χ0n) is 20.1. The van der Waals surface area contributed by atoms with Crippen molar-refractivity contribution in [3.63, 3.8) is 0 Å². The summed E-state index contributed by atoms with van der Waals surface area (Å²) in [5, 5.41) is 3.23. The number of sulfone groups is 1. The van der Waals surface area contributed by atoms with E-state index < -0.39 is 43.7 Å². The van der Waals surface area contributed by atoms with Crippen LogP contribution in [0.4, 0.5) is 19.0 Å². The summed E-state index contributed by atoms with van der Waals surface area (Å²) in [7, 11) is -3.28. The van der Waals surface area contributed by atoms with E-state index in [0.29, 0.717) is 17.2 Å². The molecule has 1 aliphatic heterocycles. The van der Waals surface area contributed by atoms with E-state index >= 15 is 0 Å². The molecule has 0 bridgehead atoms. The van der Waals surface area contributed by atoms with E-state index in [0.717, 1.165) is 29.6 Å². The minimum Gasteiger partial charge on any atom is -0.467 e. The third-order valence-electron chi connectivity index (χ3n) is 6.09. The molecular weight excluding hydrogens is 497 g/mol. The molecular formula is C24H25F3N4O4S. The number of methoxy groups -OCH3 is 1. The van der Waals surface area contributed by atoms with Crippen molar-refractivity contribution < 1.29 is 31.1 Å². The molecule has 3 aromatic rings. The third-order valence-corrected chi connectivity index (χ3v) is 8.28. The molecule has 36 heavy (non-hydrogen) atoms. The van der Waals surface area contributed by atoms with Gasteiger partial charge in [0.15, 0.2) is 9.84 Å². The lowest BCUT2D eigenvalue weighted by Crippen LogP contribution is -2.38. The zero-order valence-corrected chi connectivity index (χ0v) is 20.9. The second kappa shape index (κ2) is 9.23. The van der Waals surface area contributed by atoms with Crippen LogP contribution in [0.25, 0.3) is 5.69 Å². The van der Waals surface area contributed by atoms with Crippen LogP contribution >= 0.6 is 0 Å². The molecule has 4 rings (SSSR count). The monoisotopic (exact) mass is 522 g/mol. The largest absolute Gasteiger partial charge is 0.467 e. The molecule has 0 amide bonds. The molecule has 2 aromatic heterocycles. The Morgan fingerprint density at radius 1 is 1.06 bits per heavy atom. The van der Waals surface area contributed by atoms with Crippen LogP contribution in [0.1, 0.15) is 29.1 Å². The first-order valence-corrected chi connectivity index (χ1v) is 12.6. The zero-order chi connectivity index (χ0) is 26.4. The Morgan fingerprint density at radius 3 is 2.31 bits per heavy atom. The number of alkyl halides is 3. The first kappa shape index (κ1) is 25.7. The number of carbonyl (C=O) groups is 1. The molecule has 2 unspecified atom stereocenters. The normalized spacial score (nSPS) is 18.5. The second-order valence-corrected chi connectivity index (χ2v) is 10.9. The number of nitrogens with zero attached hydrogens (tertiary/aromatic N) is 4. The fourth-order valence-electron chi connectivity index (χ4n) is 4.58. The summed E-state index contributed by atoms with van der Waals surface area (Å²) in [6, 6.07) is 8.32. The standard InChI is InChI=1S/C24H25F3N4O4S/c1-14-9-17(10-15(2)28-14)31-22(11-16(3)29-31)30-13-18(12-20(30)23(32)35-4)36(33,34)21-8-6-5-7-19(21)24(25,26)27/h5-11,18,20H,12-13H2,1-4H3. The highest BCUT2D eigenvalue weighted by Gasteiger charge is 2.47. The number of aromatic nitrogens is 3. The average Bonchev–Trinajstić information content (AvgIpc) is 3.41. The summed E-state index contributed by atoms with van der Waals surface area (Å²) in [5.74, 6) is -0.265. The molecule has 12 heteroatoms. The first-order valence-electron chi connectivity index (χ1n) is 11.1. The van der Waals surface area contributed by atoms with Crippen molar-refractivity contribution >= 4 is 21.6 Å². The van der Waals surface area contributed by atoms with E-state index in [-0.39, 0.29) is 13.0 Å². The van der Waals surface area contributed by atoms with Gasteiger partial charge in [0, 0.05) is 24.0 Å². The van der Waals surface area contributed by atoms with Gasteiger partial charge in [-0.2, -0.15) is 18.3 Å². The van der Waals surface area contributed by atoms with Crippen molar-refractivity contribution in [1.82, 2.24) is 14.8 Å². The molecule has 1 saturated heterocycles.